The van der Waals surface area contributed by atoms with E-state index in [-0.39, 0.29) is 18.1 Å². The Morgan fingerprint density at radius 1 is 1.10 bits per heavy atom. The molecular formula is C23H22ClNO5. The standard InChI is InChI=1S/C23H22ClNO5/c1-13-19(12-22(27)30-15(3)14(2)26)20-11-18(29-4)9-10-21(20)25(13)23(28)16-5-7-17(24)8-6-16/h5-11,15H,12H2,1-4H3. The van der Waals surface area contributed by atoms with Crippen LogP contribution in [0.5, 0.6) is 5.75 Å². The second kappa shape index (κ2) is 8.71. The maximum atomic E-state index is 13.2. The van der Waals surface area contributed by atoms with Crippen LogP contribution in [0.2, 0.25) is 5.02 Å². The van der Waals surface area contributed by atoms with Crippen molar-refractivity contribution in [1.29, 1.82) is 0 Å². The zero-order valence-corrected chi connectivity index (χ0v) is 17.9. The monoisotopic (exact) mass is 427 g/mol. The van der Waals surface area contributed by atoms with Gasteiger partial charge in [0.1, 0.15) is 5.75 Å². The van der Waals surface area contributed by atoms with Gasteiger partial charge in [-0.3, -0.25) is 19.0 Å². The Balaban J connectivity index is 2.09. The second-order valence-corrected chi connectivity index (χ2v) is 7.45. The van der Waals surface area contributed by atoms with E-state index in [0.717, 1.165) is 0 Å². The summed E-state index contributed by atoms with van der Waals surface area (Å²) in [5.41, 5.74) is 2.38. The highest BCUT2D eigenvalue weighted by molar-refractivity contribution is 6.30. The molecule has 2 aromatic carbocycles. The number of aromatic nitrogens is 1. The predicted octanol–water partition coefficient (Wildman–Crippen LogP) is 4.36. The lowest BCUT2D eigenvalue weighted by Gasteiger charge is -2.10. The molecule has 1 unspecified atom stereocenters. The fourth-order valence-electron chi connectivity index (χ4n) is 3.26. The zero-order valence-electron chi connectivity index (χ0n) is 17.2. The third kappa shape index (κ3) is 4.24. The lowest BCUT2D eigenvalue weighted by Crippen LogP contribution is -2.23. The number of hydrogen-bond donors (Lipinski definition) is 0. The van der Waals surface area contributed by atoms with E-state index >= 15 is 0 Å². The molecule has 0 radical (unpaired) electrons. The molecule has 0 aliphatic heterocycles. The normalized spacial score (nSPS) is 11.9. The Morgan fingerprint density at radius 2 is 1.77 bits per heavy atom. The van der Waals surface area contributed by atoms with Gasteiger partial charge in [0.2, 0.25) is 0 Å². The number of fused-ring (bicyclic) bond motifs is 1. The number of ether oxygens (including phenoxy) is 2. The summed E-state index contributed by atoms with van der Waals surface area (Å²) in [7, 11) is 1.55. The van der Waals surface area contributed by atoms with Crippen molar-refractivity contribution >= 4 is 40.2 Å². The van der Waals surface area contributed by atoms with E-state index in [1.165, 1.54) is 13.8 Å². The van der Waals surface area contributed by atoms with E-state index in [1.807, 2.05) is 0 Å². The lowest BCUT2D eigenvalue weighted by molar-refractivity contribution is -0.152. The Morgan fingerprint density at radius 3 is 2.37 bits per heavy atom. The molecule has 7 heteroatoms. The molecule has 1 heterocycles. The molecular weight excluding hydrogens is 406 g/mol. The molecule has 0 bridgehead atoms. The van der Waals surface area contributed by atoms with Crippen LogP contribution in [-0.2, 0) is 20.7 Å². The highest BCUT2D eigenvalue weighted by Gasteiger charge is 2.23. The van der Waals surface area contributed by atoms with E-state index in [0.29, 0.717) is 38.5 Å². The highest BCUT2D eigenvalue weighted by atomic mass is 35.5. The summed E-state index contributed by atoms with van der Waals surface area (Å²) in [5, 5.41) is 1.25. The van der Waals surface area contributed by atoms with E-state index < -0.39 is 12.1 Å². The first-order valence-corrected chi connectivity index (χ1v) is 9.78. The quantitative estimate of drug-likeness (QED) is 0.546. The van der Waals surface area contributed by atoms with Crippen LogP contribution in [0.3, 0.4) is 0 Å². The molecule has 1 atom stereocenters. The van der Waals surface area contributed by atoms with Crippen LogP contribution in [0, 0.1) is 6.92 Å². The van der Waals surface area contributed by atoms with Gasteiger partial charge in [0.15, 0.2) is 11.9 Å². The lowest BCUT2D eigenvalue weighted by atomic mass is 10.1. The molecule has 0 N–H and O–H groups in total. The van der Waals surface area contributed by atoms with Crippen molar-refractivity contribution in [2.75, 3.05) is 7.11 Å². The third-order valence-electron chi connectivity index (χ3n) is 5.04. The molecule has 0 fully saturated rings. The van der Waals surface area contributed by atoms with Gasteiger partial charge in [0.05, 0.1) is 19.0 Å². The topological polar surface area (TPSA) is 74.6 Å². The number of halogens is 1. The van der Waals surface area contributed by atoms with Gasteiger partial charge in [0, 0.05) is 21.7 Å². The Hall–Kier alpha value is -3.12. The van der Waals surface area contributed by atoms with Crippen molar-refractivity contribution < 1.29 is 23.9 Å². The van der Waals surface area contributed by atoms with Gasteiger partial charge in [-0.05, 0) is 68.8 Å². The van der Waals surface area contributed by atoms with Crippen LogP contribution >= 0.6 is 11.6 Å². The van der Waals surface area contributed by atoms with Gasteiger partial charge < -0.3 is 9.47 Å². The Bertz CT molecular complexity index is 1130. The Kier molecular flexibility index (Phi) is 6.27. The van der Waals surface area contributed by atoms with Gasteiger partial charge in [-0.15, -0.1) is 0 Å². The van der Waals surface area contributed by atoms with E-state index in [4.69, 9.17) is 21.1 Å². The largest absolute Gasteiger partial charge is 0.497 e. The fraction of sp³-hybridized carbons (Fsp3) is 0.261. The molecule has 3 rings (SSSR count). The van der Waals surface area contributed by atoms with E-state index in [9.17, 15) is 14.4 Å². The van der Waals surface area contributed by atoms with Crippen molar-refractivity contribution in [1.82, 2.24) is 4.57 Å². The third-order valence-corrected chi connectivity index (χ3v) is 5.29. The minimum Gasteiger partial charge on any atom is -0.497 e. The van der Waals surface area contributed by atoms with Crippen molar-refractivity contribution in [2.24, 2.45) is 0 Å². The van der Waals surface area contributed by atoms with Crippen LogP contribution in [-0.4, -0.2) is 35.4 Å². The minimum atomic E-state index is -0.823. The average Bonchev–Trinajstić information content (AvgIpc) is 2.98. The molecule has 0 saturated heterocycles. The summed E-state index contributed by atoms with van der Waals surface area (Å²) in [5.74, 6) is -0.412. The minimum absolute atomic E-state index is 0.0754. The summed E-state index contributed by atoms with van der Waals surface area (Å²) in [4.78, 5) is 37.1. The highest BCUT2D eigenvalue weighted by Crippen LogP contribution is 2.31. The van der Waals surface area contributed by atoms with Crippen LogP contribution in [0.15, 0.2) is 42.5 Å². The number of hydrogen-bond acceptors (Lipinski definition) is 5. The van der Waals surface area contributed by atoms with E-state index in [1.54, 1.807) is 61.1 Å². The summed E-state index contributed by atoms with van der Waals surface area (Å²) in [6.07, 6.45) is -0.898. The van der Waals surface area contributed by atoms with Crippen LogP contribution in [0.25, 0.3) is 10.9 Å². The number of benzene rings is 2. The van der Waals surface area contributed by atoms with Gasteiger partial charge in [-0.2, -0.15) is 0 Å². The molecule has 0 aliphatic carbocycles. The van der Waals surface area contributed by atoms with Crippen molar-refractivity contribution in [3.63, 3.8) is 0 Å². The molecule has 0 amide bonds. The molecule has 0 saturated carbocycles. The summed E-state index contributed by atoms with van der Waals surface area (Å²) < 4.78 is 12.1. The average molecular weight is 428 g/mol. The number of nitrogens with zero attached hydrogens (tertiary/aromatic N) is 1. The SMILES string of the molecule is COc1ccc2c(c1)c(CC(=O)OC(C)C(C)=O)c(C)n2C(=O)c1ccc(Cl)cc1. The van der Waals surface area contributed by atoms with Crippen LogP contribution in [0.4, 0.5) is 0 Å². The van der Waals surface area contributed by atoms with Crippen molar-refractivity contribution in [3.05, 3.63) is 64.3 Å². The van der Waals surface area contributed by atoms with Gasteiger partial charge in [0.25, 0.3) is 5.91 Å². The molecule has 3 aromatic rings. The van der Waals surface area contributed by atoms with Gasteiger partial charge in [-0.1, -0.05) is 11.6 Å². The number of carbonyl (C=O) groups excluding carboxylic acids is 3. The molecule has 0 spiro atoms. The molecule has 6 nitrogen and oxygen atoms in total. The first-order chi connectivity index (χ1) is 14.2. The maximum absolute atomic E-state index is 13.2. The summed E-state index contributed by atoms with van der Waals surface area (Å²) in [6, 6.07) is 11.9. The Labute approximate surface area is 179 Å². The number of ketones is 1. The number of carbonyl (C=O) groups is 3. The zero-order chi connectivity index (χ0) is 22.0. The van der Waals surface area contributed by atoms with Gasteiger partial charge in [-0.25, -0.2) is 0 Å². The van der Waals surface area contributed by atoms with Crippen LogP contribution in [0.1, 0.15) is 35.5 Å². The van der Waals surface area contributed by atoms with Gasteiger partial charge >= 0.3 is 5.97 Å². The first kappa shape index (κ1) is 21.6. The molecule has 1 aromatic heterocycles. The number of esters is 1. The van der Waals surface area contributed by atoms with Crippen molar-refractivity contribution in [2.45, 2.75) is 33.3 Å². The first-order valence-electron chi connectivity index (χ1n) is 9.41. The van der Waals surface area contributed by atoms with E-state index in [2.05, 4.69) is 0 Å². The second-order valence-electron chi connectivity index (χ2n) is 7.01. The molecule has 30 heavy (non-hydrogen) atoms. The van der Waals surface area contributed by atoms with Crippen molar-refractivity contribution in [3.8, 4) is 5.75 Å². The summed E-state index contributed by atoms with van der Waals surface area (Å²) >= 11 is 5.94. The number of Topliss-reactive ketones (excluding diaryl/α,β-unsaturated/α-hetero) is 1. The maximum Gasteiger partial charge on any atom is 0.311 e. The molecule has 156 valence electrons. The number of rotatable bonds is 6. The summed E-state index contributed by atoms with van der Waals surface area (Å²) in [6.45, 7) is 4.67. The predicted molar refractivity (Wildman–Crippen MR) is 114 cm³/mol. The van der Waals surface area contributed by atoms with Crippen LogP contribution < -0.4 is 4.74 Å². The molecule has 0 aliphatic rings. The fourth-order valence-corrected chi connectivity index (χ4v) is 3.39. The smallest absolute Gasteiger partial charge is 0.311 e. The number of methoxy groups -OCH3 is 1.